The zero-order chi connectivity index (χ0) is 16.2. The molecule has 0 heterocycles. The van der Waals surface area contributed by atoms with Gasteiger partial charge in [0, 0.05) is 19.3 Å². The molecule has 1 aromatic carbocycles. The molecule has 0 aliphatic rings. The Morgan fingerprint density at radius 3 is 2.57 bits per heavy atom. The van der Waals surface area contributed by atoms with E-state index in [1.165, 1.54) is 17.0 Å². The molecular weight excluding hydrogens is 283 g/mol. The third-order valence-corrected chi connectivity index (χ3v) is 3.05. The van der Waals surface area contributed by atoms with Crippen LogP contribution >= 0.6 is 0 Å². The van der Waals surface area contributed by atoms with Crippen LogP contribution in [0.2, 0.25) is 0 Å². The van der Waals surface area contributed by atoms with Gasteiger partial charge in [0.15, 0.2) is 0 Å². The highest BCUT2D eigenvalue weighted by Gasteiger charge is 2.33. The number of rotatable bonds is 4. The zero-order valence-electron chi connectivity index (χ0n) is 12.0. The molecular formula is C14H16F3N3O. The molecule has 21 heavy (non-hydrogen) atoms. The molecule has 1 rings (SSSR count). The van der Waals surface area contributed by atoms with Gasteiger partial charge in [-0.15, -0.1) is 0 Å². The van der Waals surface area contributed by atoms with Gasteiger partial charge in [0.2, 0.25) is 5.91 Å². The van der Waals surface area contributed by atoms with Crippen molar-refractivity contribution in [2.24, 2.45) is 0 Å². The quantitative estimate of drug-likeness (QED) is 0.930. The van der Waals surface area contributed by atoms with Gasteiger partial charge >= 0.3 is 6.18 Å². The number of likely N-dealkylation sites (N-methyl/N-ethyl adjacent to an activating group) is 1. The van der Waals surface area contributed by atoms with Crippen LogP contribution in [0.4, 0.5) is 18.9 Å². The summed E-state index contributed by atoms with van der Waals surface area (Å²) in [6.45, 7) is 3.95. The normalized spacial score (nSPS) is 12.4. The fraction of sp³-hybridized carbons (Fsp3) is 0.429. The Balaban J connectivity index is 2.97. The number of alkyl halides is 3. The van der Waals surface area contributed by atoms with Crippen molar-refractivity contribution < 1.29 is 18.0 Å². The molecule has 1 amide bonds. The summed E-state index contributed by atoms with van der Waals surface area (Å²) in [7, 11) is 1.63. The number of carbonyl (C=O) groups excluding carboxylic acids is 1. The monoisotopic (exact) mass is 299 g/mol. The van der Waals surface area contributed by atoms with Crippen molar-refractivity contribution in [2.75, 3.05) is 18.9 Å². The molecule has 0 aromatic heterocycles. The number of amides is 1. The Kier molecular flexibility index (Phi) is 5.19. The third-order valence-electron chi connectivity index (χ3n) is 3.05. The molecule has 0 aliphatic heterocycles. The van der Waals surface area contributed by atoms with Crippen molar-refractivity contribution in [2.45, 2.75) is 26.1 Å². The van der Waals surface area contributed by atoms with E-state index >= 15 is 0 Å². The van der Waals surface area contributed by atoms with E-state index in [0.29, 0.717) is 12.2 Å². The van der Waals surface area contributed by atoms with Crippen molar-refractivity contribution in [3.8, 4) is 6.07 Å². The Hall–Kier alpha value is -2.23. The third kappa shape index (κ3) is 4.12. The summed E-state index contributed by atoms with van der Waals surface area (Å²) < 4.78 is 38.0. The Bertz CT molecular complexity index is 564. The molecule has 0 bridgehead atoms. The minimum absolute atomic E-state index is 0.184. The van der Waals surface area contributed by atoms with Gasteiger partial charge in [-0.3, -0.25) is 4.79 Å². The zero-order valence-corrected chi connectivity index (χ0v) is 12.0. The first-order chi connectivity index (χ1) is 9.70. The highest BCUT2D eigenvalue weighted by atomic mass is 19.4. The topological polar surface area (TPSA) is 56.1 Å². The number of nitrogens with zero attached hydrogens (tertiary/aromatic N) is 2. The van der Waals surface area contributed by atoms with Gasteiger partial charge in [0.25, 0.3) is 0 Å². The van der Waals surface area contributed by atoms with Crippen LogP contribution in [0.5, 0.6) is 0 Å². The van der Waals surface area contributed by atoms with E-state index < -0.39 is 23.3 Å². The Labute approximate surface area is 121 Å². The summed E-state index contributed by atoms with van der Waals surface area (Å²) in [5.74, 6) is -0.184. The molecule has 114 valence electrons. The second-order valence-corrected chi connectivity index (χ2v) is 4.59. The van der Waals surface area contributed by atoms with Crippen molar-refractivity contribution in [1.82, 2.24) is 4.90 Å². The molecule has 7 heteroatoms. The number of nitrogens with one attached hydrogen (secondary N) is 1. The largest absolute Gasteiger partial charge is 0.417 e. The Morgan fingerprint density at radius 2 is 2.10 bits per heavy atom. The van der Waals surface area contributed by atoms with Gasteiger partial charge in [0.1, 0.15) is 6.04 Å². The van der Waals surface area contributed by atoms with Crippen LogP contribution in [0, 0.1) is 11.3 Å². The highest BCUT2D eigenvalue weighted by molar-refractivity contribution is 5.84. The Morgan fingerprint density at radius 1 is 1.48 bits per heavy atom. The van der Waals surface area contributed by atoms with Gasteiger partial charge in [-0.2, -0.15) is 18.4 Å². The van der Waals surface area contributed by atoms with Crippen LogP contribution in [-0.4, -0.2) is 30.4 Å². The maximum Gasteiger partial charge on any atom is 0.417 e. The number of nitriles is 1. The fourth-order valence-corrected chi connectivity index (χ4v) is 1.77. The second kappa shape index (κ2) is 6.48. The predicted octanol–water partition coefficient (Wildman–Crippen LogP) is 2.86. The van der Waals surface area contributed by atoms with Crippen molar-refractivity contribution in [3.63, 3.8) is 0 Å². The molecule has 1 aromatic rings. The van der Waals surface area contributed by atoms with Crippen LogP contribution < -0.4 is 5.32 Å². The lowest BCUT2D eigenvalue weighted by atomic mass is 10.1. The SMILES string of the molecule is CCN(C)C(=O)C(C)Nc1ccc(C(F)(F)F)c(C#N)c1. The van der Waals surface area contributed by atoms with Crippen LogP contribution in [0.25, 0.3) is 0 Å². The van der Waals surface area contributed by atoms with Gasteiger partial charge in [-0.1, -0.05) is 0 Å². The molecule has 1 unspecified atom stereocenters. The van der Waals surface area contributed by atoms with Crippen LogP contribution in [0.15, 0.2) is 18.2 Å². The molecule has 0 saturated heterocycles. The first-order valence-corrected chi connectivity index (χ1v) is 6.33. The molecule has 1 atom stereocenters. The molecule has 1 N–H and O–H groups in total. The predicted molar refractivity (Wildman–Crippen MR) is 72.6 cm³/mol. The fourth-order valence-electron chi connectivity index (χ4n) is 1.77. The van der Waals surface area contributed by atoms with Crippen LogP contribution in [0.1, 0.15) is 25.0 Å². The lowest BCUT2D eigenvalue weighted by Gasteiger charge is -2.21. The minimum Gasteiger partial charge on any atom is -0.374 e. The van der Waals surface area contributed by atoms with E-state index in [1.54, 1.807) is 14.0 Å². The van der Waals surface area contributed by atoms with E-state index in [4.69, 9.17) is 5.26 Å². The number of carbonyl (C=O) groups is 1. The summed E-state index contributed by atoms with van der Waals surface area (Å²) in [6, 6.07) is 4.06. The van der Waals surface area contributed by atoms with E-state index in [-0.39, 0.29) is 5.91 Å². The second-order valence-electron chi connectivity index (χ2n) is 4.59. The van der Waals surface area contributed by atoms with Crippen molar-refractivity contribution >= 4 is 11.6 Å². The molecule has 4 nitrogen and oxygen atoms in total. The number of hydrogen-bond acceptors (Lipinski definition) is 3. The molecule has 0 saturated carbocycles. The summed E-state index contributed by atoms with van der Waals surface area (Å²) >= 11 is 0. The average Bonchev–Trinajstić information content (AvgIpc) is 2.44. The summed E-state index contributed by atoms with van der Waals surface area (Å²) in [4.78, 5) is 13.4. The molecule has 0 spiro atoms. The van der Waals surface area contributed by atoms with E-state index in [0.717, 1.165) is 12.1 Å². The maximum absolute atomic E-state index is 12.7. The van der Waals surface area contributed by atoms with Crippen LogP contribution in [-0.2, 0) is 11.0 Å². The van der Waals surface area contributed by atoms with Crippen LogP contribution in [0.3, 0.4) is 0 Å². The smallest absolute Gasteiger partial charge is 0.374 e. The van der Waals surface area contributed by atoms with E-state index in [1.807, 2.05) is 6.92 Å². The van der Waals surface area contributed by atoms with Gasteiger partial charge in [-0.05, 0) is 32.0 Å². The first kappa shape index (κ1) is 16.8. The van der Waals surface area contributed by atoms with E-state index in [9.17, 15) is 18.0 Å². The number of benzene rings is 1. The number of anilines is 1. The first-order valence-electron chi connectivity index (χ1n) is 6.33. The minimum atomic E-state index is -4.58. The molecule has 0 radical (unpaired) electrons. The maximum atomic E-state index is 12.7. The summed E-state index contributed by atoms with van der Waals surface area (Å²) in [6.07, 6.45) is -4.58. The highest BCUT2D eigenvalue weighted by Crippen LogP contribution is 2.33. The molecule has 0 aliphatic carbocycles. The standard InChI is InChI=1S/C14H16F3N3O/c1-4-20(3)13(21)9(2)19-11-5-6-12(14(15,16)17)10(7-11)8-18/h5-7,9,19H,4H2,1-3H3. The number of hydrogen-bond donors (Lipinski definition) is 1. The lowest BCUT2D eigenvalue weighted by Crippen LogP contribution is -2.38. The van der Waals surface area contributed by atoms with Gasteiger partial charge in [-0.25, -0.2) is 0 Å². The summed E-state index contributed by atoms with van der Waals surface area (Å²) in [5, 5.41) is 11.6. The van der Waals surface area contributed by atoms with Crippen molar-refractivity contribution in [3.05, 3.63) is 29.3 Å². The number of halogens is 3. The molecule has 0 fully saturated rings. The van der Waals surface area contributed by atoms with Gasteiger partial charge < -0.3 is 10.2 Å². The average molecular weight is 299 g/mol. The van der Waals surface area contributed by atoms with E-state index in [2.05, 4.69) is 5.32 Å². The van der Waals surface area contributed by atoms with Gasteiger partial charge in [0.05, 0.1) is 17.2 Å². The summed E-state index contributed by atoms with van der Waals surface area (Å²) in [5.41, 5.74) is -1.17. The lowest BCUT2D eigenvalue weighted by molar-refractivity contribution is -0.137. The van der Waals surface area contributed by atoms with Crippen molar-refractivity contribution in [1.29, 1.82) is 5.26 Å².